The Balaban J connectivity index is 2.63. The van der Waals surface area contributed by atoms with Gasteiger partial charge in [0.05, 0.1) is 5.69 Å². The van der Waals surface area contributed by atoms with Crippen LogP contribution in [0.3, 0.4) is 0 Å². The minimum atomic E-state index is 0.269. The number of amidine groups is 1. The van der Waals surface area contributed by atoms with Gasteiger partial charge in [0.15, 0.2) is 0 Å². The number of oxime groups is 1. The van der Waals surface area contributed by atoms with Gasteiger partial charge in [-0.05, 0) is 25.0 Å². The van der Waals surface area contributed by atoms with Gasteiger partial charge in [0.1, 0.15) is 5.84 Å². The second-order valence-corrected chi connectivity index (χ2v) is 5.24. The Morgan fingerprint density at radius 1 is 1.47 bits per heavy atom. The topological polar surface area (TPSA) is 74.7 Å². The zero-order chi connectivity index (χ0) is 14.3. The molecule has 0 spiro atoms. The van der Waals surface area contributed by atoms with Gasteiger partial charge < -0.3 is 10.9 Å². The molecule has 0 saturated carbocycles. The van der Waals surface area contributed by atoms with E-state index in [0.717, 1.165) is 31.0 Å². The minimum Gasteiger partial charge on any atom is -0.409 e. The lowest BCUT2D eigenvalue weighted by Crippen LogP contribution is -2.31. The van der Waals surface area contributed by atoms with E-state index in [9.17, 15) is 0 Å². The largest absolute Gasteiger partial charge is 0.409 e. The highest BCUT2D eigenvalue weighted by atomic mass is 16.4. The van der Waals surface area contributed by atoms with Crippen molar-refractivity contribution in [3.8, 4) is 0 Å². The van der Waals surface area contributed by atoms with Crippen molar-refractivity contribution in [3.63, 3.8) is 0 Å². The van der Waals surface area contributed by atoms with E-state index in [1.54, 1.807) is 0 Å². The predicted molar refractivity (Wildman–Crippen MR) is 77.1 cm³/mol. The summed E-state index contributed by atoms with van der Waals surface area (Å²) in [4.78, 5) is 6.80. The summed E-state index contributed by atoms with van der Waals surface area (Å²) in [5, 5.41) is 11.6. The van der Waals surface area contributed by atoms with Crippen LogP contribution in [-0.2, 0) is 6.54 Å². The van der Waals surface area contributed by atoms with Gasteiger partial charge in [-0.1, -0.05) is 25.1 Å². The Hall–Kier alpha value is -1.62. The number of aromatic nitrogens is 1. The molecule has 0 fully saturated rings. The van der Waals surface area contributed by atoms with Gasteiger partial charge in [-0.15, -0.1) is 0 Å². The first-order valence-corrected chi connectivity index (χ1v) is 6.62. The van der Waals surface area contributed by atoms with Crippen molar-refractivity contribution in [2.24, 2.45) is 16.8 Å². The molecule has 5 nitrogen and oxygen atoms in total. The molecule has 0 atom stereocenters. The van der Waals surface area contributed by atoms with Gasteiger partial charge in [-0.25, -0.2) is 0 Å². The van der Waals surface area contributed by atoms with Crippen molar-refractivity contribution in [2.45, 2.75) is 33.7 Å². The quantitative estimate of drug-likeness (QED) is 0.342. The lowest BCUT2D eigenvalue weighted by Gasteiger charge is -2.23. The van der Waals surface area contributed by atoms with Crippen LogP contribution >= 0.6 is 0 Å². The SMILES string of the molecule is Cc1cccc(CN(CCC(N)=NO)CC(C)C)n1. The first-order chi connectivity index (χ1) is 9.01. The molecule has 1 aromatic heterocycles. The molecule has 1 heterocycles. The summed E-state index contributed by atoms with van der Waals surface area (Å²) in [6, 6.07) is 6.05. The van der Waals surface area contributed by atoms with Gasteiger partial charge >= 0.3 is 0 Å². The number of hydrogen-bond acceptors (Lipinski definition) is 4. The standard InChI is InChI=1S/C14H24N4O/c1-11(2)9-18(8-7-14(15)17-19)10-13-6-4-5-12(3)16-13/h4-6,11,19H,7-10H2,1-3H3,(H2,15,17). The van der Waals surface area contributed by atoms with Gasteiger partial charge in [0, 0.05) is 31.7 Å². The molecule has 1 aromatic rings. The van der Waals surface area contributed by atoms with Crippen molar-refractivity contribution < 1.29 is 5.21 Å². The predicted octanol–water partition coefficient (Wildman–Crippen LogP) is 1.98. The zero-order valence-corrected chi connectivity index (χ0v) is 12.0. The number of pyridine rings is 1. The second-order valence-electron chi connectivity index (χ2n) is 5.24. The van der Waals surface area contributed by atoms with E-state index in [2.05, 4.69) is 28.9 Å². The fraction of sp³-hybridized carbons (Fsp3) is 0.571. The molecule has 0 bridgehead atoms. The number of aryl methyl sites for hydroxylation is 1. The number of nitrogens with zero attached hydrogens (tertiary/aromatic N) is 3. The molecule has 0 aliphatic heterocycles. The Labute approximate surface area is 115 Å². The molecule has 3 N–H and O–H groups in total. The zero-order valence-electron chi connectivity index (χ0n) is 12.0. The second kappa shape index (κ2) is 7.74. The highest BCUT2D eigenvalue weighted by Gasteiger charge is 2.10. The van der Waals surface area contributed by atoms with Crippen LogP contribution in [0, 0.1) is 12.8 Å². The summed E-state index contributed by atoms with van der Waals surface area (Å²) in [6.07, 6.45) is 0.565. The van der Waals surface area contributed by atoms with Crippen LogP contribution < -0.4 is 5.73 Å². The van der Waals surface area contributed by atoms with E-state index in [0.29, 0.717) is 12.3 Å². The van der Waals surface area contributed by atoms with Gasteiger partial charge in [0.2, 0.25) is 0 Å². The van der Waals surface area contributed by atoms with Crippen molar-refractivity contribution >= 4 is 5.84 Å². The molecule has 1 rings (SSSR count). The Bertz CT molecular complexity index is 418. The maximum Gasteiger partial charge on any atom is 0.140 e. The molecular formula is C14H24N4O. The third-order valence-corrected chi connectivity index (χ3v) is 2.77. The Morgan fingerprint density at radius 3 is 2.79 bits per heavy atom. The average Bonchev–Trinajstić information content (AvgIpc) is 2.35. The molecule has 19 heavy (non-hydrogen) atoms. The maximum absolute atomic E-state index is 8.59. The van der Waals surface area contributed by atoms with Crippen molar-refractivity contribution in [3.05, 3.63) is 29.6 Å². The lowest BCUT2D eigenvalue weighted by molar-refractivity contribution is 0.238. The molecular weight excluding hydrogens is 240 g/mol. The summed E-state index contributed by atoms with van der Waals surface area (Å²) in [5.74, 6) is 0.836. The molecule has 0 saturated heterocycles. The number of hydrogen-bond donors (Lipinski definition) is 2. The van der Waals surface area contributed by atoms with E-state index in [-0.39, 0.29) is 5.84 Å². The molecule has 5 heteroatoms. The molecule has 0 radical (unpaired) electrons. The van der Waals surface area contributed by atoms with Crippen molar-refractivity contribution in [1.29, 1.82) is 0 Å². The van der Waals surface area contributed by atoms with E-state index in [1.165, 1.54) is 0 Å². The van der Waals surface area contributed by atoms with Crippen LogP contribution in [-0.4, -0.2) is 34.0 Å². The first kappa shape index (κ1) is 15.4. The number of rotatable bonds is 7. The van der Waals surface area contributed by atoms with Crippen LogP contribution in [0.25, 0.3) is 0 Å². The number of nitrogens with two attached hydrogens (primary N) is 1. The van der Waals surface area contributed by atoms with E-state index in [1.807, 2.05) is 25.1 Å². The van der Waals surface area contributed by atoms with Crippen LogP contribution in [0.4, 0.5) is 0 Å². The van der Waals surface area contributed by atoms with Gasteiger partial charge in [-0.2, -0.15) is 0 Å². The van der Waals surface area contributed by atoms with Gasteiger partial charge in [0.25, 0.3) is 0 Å². The fourth-order valence-electron chi connectivity index (χ4n) is 1.99. The molecule has 0 amide bonds. The monoisotopic (exact) mass is 264 g/mol. The summed E-state index contributed by atoms with van der Waals surface area (Å²) >= 11 is 0. The Morgan fingerprint density at radius 2 is 2.21 bits per heavy atom. The van der Waals surface area contributed by atoms with E-state index >= 15 is 0 Å². The molecule has 0 aliphatic carbocycles. The summed E-state index contributed by atoms with van der Waals surface area (Å²) < 4.78 is 0. The summed E-state index contributed by atoms with van der Waals surface area (Å²) in [6.45, 7) is 8.88. The first-order valence-electron chi connectivity index (χ1n) is 6.62. The van der Waals surface area contributed by atoms with Crippen molar-refractivity contribution in [1.82, 2.24) is 9.88 Å². The van der Waals surface area contributed by atoms with E-state index in [4.69, 9.17) is 10.9 Å². The third-order valence-electron chi connectivity index (χ3n) is 2.77. The molecule has 0 unspecified atom stereocenters. The lowest BCUT2D eigenvalue weighted by atomic mass is 10.2. The average molecular weight is 264 g/mol. The normalized spacial score (nSPS) is 12.4. The van der Waals surface area contributed by atoms with E-state index < -0.39 is 0 Å². The molecule has 0 aliphatic rings. The van der Waals surface area contributed by atoms with Crippen LogP contribution in [0.1, 0.15) is 31.7 Å². The van der Waals surface area contributed by atoms with Crippen LogP contribution in [0.2, 0.25) is 0 Å². The minimum absolute atomic E-state index is 0.269. The third kappa shape index (κ3) is 6.20. The van der Waals surface area contributed by atoms with Crippen LogP contribution in [0.5, 0.6) is 0 Å². The summed E-state index contributed by atoms with van der Waals surface area (Å²) in [7, 11) is 0. The highest BCUT2D eigenvalue weighted by Crippen LogP contribution is 2.07. The van der Waals surface area contributed by atoms with Crippen molar-refractivity contribution in [2.75, 3.05) is 13.1 Å². The van der Waals surface area contributed by atoms with Crippen LogP contribution in [0.15, 0.2) is 23.4 Å². The Kier molecular flexibility index (Phi) is 6.29. The molecule has 106 valence electrons. The summed E-state index contributed by atoms with van der Waals surface area (Å²) in [5.41, 5.74) is 7.61. The highest BCUT2D eigenvalue weighted by molar-refractivity contribution is 5.79. The van der Waals surface area contributed by atoms with Gasteiger partial charge in [-0.3, -0.25) is 9.88 Å². The fourth-order valence-corrected chi connectivity index (χ4v) is 1.99. The maximum atomic E-state index is 8.59. The molecule has 0 aromatic carbocycles. The smallest absolute Gasteiger partial charge is 0.140 e.